The summed E-state index contributed by atoms with van der Waals surface area (Å²) in [4.78, 5) is 25.5. The molecule has 2 heterocycles. The summed E-state index contributed by atoms with van der Waals surface area (Å²) in [6.07, 6.45) is 3.54. The van der Waals surface area contributed by atoms with Gasteiger partial charge in [-0.15, -0.1) is 11.8 Å². The minimum Gasteiger partial charge on any atom is -0.466 e. The molecule has 3 aliphatic rings. The average Bonchev–Trinajstić information content (AvgIpc) is 2.56. The SMILES string of the molecule is CCOC(=O)[C@H]1[C@H](C)[C@@H]2OC(=O)[C@H]1C=C2c1ccc(SC)cc1. The quantitative estimate of drug-likeness (QED) is 0.626. The molecule has 122 valence electrons. The molecule has 0 spiro atoms. The van der Waals surface area contributed by atoms with Crippen LogP contribution in [0.3, 0.4) is 0 Å². The molecule has 1 aliphatic carbocycles. The smallest absolute Gasteiger partial charge is 0.314 e. The maximum absolute atomic E-state index is 12.2. The molecule has 0 amide bonds. The van der Waals surface area contributed by atoms with E-state index in [1.807, 2.05) is 31.4 Å². The van der Waals surface area contributed by atoms with Gasteiger partial charge in [0.15, 0.2) is 0 Å². The molecular formula is C18H20O4S. The van der Waals surface area contributed by atoms with Crippen LogP contribution in [0.15, 0.2) is 35.2 Å². The zero-order valence-electron chi connectivity index (χ0n) is 13.4. The average molecular weight is 332 g/mol. The van der Waals surface area contributed by atoms with E-state index >= 15 is 0 Å². The lowest BCUT2D eigenvalue weighted by molar-refractivity contribution is -0.176. The standard InChI is InChI=1S/C18H20O4S/c1-4-21-18(20)15-10(2)16-13(9-14(15)17(19)22-16)11-5-7-12(23-3)8-6-11/h5-10,14-16H,4H2,1-3H3/t10-,14-,15-,16-/m0/s1. The summed E-state index contributed by atoms with van der Waals surface area (Å²) in [7, 11) is 0. The molecule has 0 N–H and O–H groups in total. The number of hydrogen-bond acceptors (Lipinski definition) is 5. The molecule has 0 radical (unpaired) electrons. The molecule has 4 atom stereocenters. The highest BCUT2D eigenvalue weighted by Crippen LogP contribution is 2.45. The number of benzene rings is 1. The third-order valence-corrected chi connectivity index (χ3v) is 5.34. The van der Waals surface area contributed by atoms with Crippen molar-refractivity contribution in [3.63, 3.8) is 0 Å². The molecule has 4 rings (SSSR count). The summed E-state index contributed by atoms with van der Waals surface area (Å²) in [5.41, 5.74) is 2.04. The lowest BCUT2D eigenvalue weighted by atomic mass is 9.68. The number of hydrogen-bond donors (Lipinski definition) is 0. The van der Waals surface area contributed by atoms with Gasteiger partial charge in [-0.25, -0.2) is 0 Å². The summed E-state index contributed by atoms with van der Waals surface area (Å²) in [5, 5.41) is 0. The Morgan fingerprint density at radius 3 is 2.61 bits per heavy atom. The molecule has 2 aliphatic heterocycles. The van der Waals surface area contributed by atoms with Gasteiger partial charge in [0.1, 0.15) is 6.10 Å². The highest BCUT2D eigenvalue weighted by molar-refractivity contribution is 7.98. The molecule has 23 heavy (non-hydrogen) atoms. The fourth-order valence-corrected chi connectivity index (χ4v) is 3.83. The molecule has 4 nitrogen and oxygen atoms in total. The third kappa shape index (κ3) is 2.78. The number of fused-ring (bicyclic) bond motifs is 2. The maximum atomic E-state index is 12.2. The van der Waals surface area contributed by atoms with Crippen LogP contribution in [0.1, 0.15) is 19.4 Å². The Hall–Kier alpha value is -1.75. The van der Waals surface area contributed by atoms with Gasteiger partial charge in [0, 0.05) is 10.8 Å². The van der Waals surface area contributed by atoms with E-state index in [4.69, 9.17) is 9.47 Å². The van der Waals surface area contributed by atoms with Gasteiger partial charge in [0.25, 0.3) is 0 Å². The fourth-order valence-electron chi connectivity index (χ4n) is 3.42. The van der Waals surface area contributed by atoms with Gasteiger partial charge in [0.2, 0.25) is 0 Å². The number of rotatable bonds is 4. The van der Waals surface area contributed by atoms with Crippen LogP contribution >= 0.6 is 11.8 Å². The van der Waals surface area contributed by atoms with Crippen LogP contribution < -0.4 is 0 Å². The first-order chi connectivity index (χ1) is 11.1. The lowest BCUT2D eigenvalue weighted by Crippen LogP contribution is -2.51. The molecule has 1 fully saturated rings. The largest absolute Gasteiger partial charge is 0.466 e. The molecule has 1 aromatic rings. The van der Waals surface area contributed by atoms with Crippen molar-refractivity contribution >= 4 is 29.3 Å². The predicted molar refractivity (Wildman–Crippen MR) is 88.9 cm³/mol. The van der Waals surface area contributed by atoms with Crippen molar-refractivity contribution in [2.75, 3.05) is 12.9 Å². The highest BCUT2D eigenvalue weighted by Gasteiger charge is 2.52. The number of carbonyl (C=O) groups is 2. The van der Waals surface area contributed by atoms with Crippen molar-refractivity contribution in [2.24, 2.45) is 17.8 Å². The van der Waals surface area contributed by atoms with E-state index in [0.717, 1.165) is 11.1 Å². The van der Waals surface area contributed by atoms with E-state index in [1.165, 1.54) is 4.90 Å². The summed E-state index contributed by atoms with van der Waals surface area (Å²) in [6, 6.07) is 8.19. The zero-order chi connectivity index (χ0) is 16.6. The maximum Gasteiger partial charge on any atom is 0.314 e. The van der Waals surface area contributed by atoms with E-state index < -0.39 is 11.8 Å². The van der Waals surface area contributed by atoms with Crippen LogP contribution in [0, 0.1) is 17.8 Å². The van der Waals surface area contributed by atoms with Gasteiger partial charge in [-0.2, -0.15) is 0 Å². The Balaban J connectivity index is 1.95. The number of esters is 2. The minimum absolute atomic E-state index is 0.0861. The van der Waals surface area contributed by atoms with Gasteiger partial charge >= 0.3 is 11.9 Å². The number of ether oxygens (including phenoxy) is 2. The second-order valence-electron chi connectivity index (χ2n) is 5.87. The van der Waals surface area contributed by atoms with Crippen LogP contribution in [-0.2, 0) is 19.1 Å². The second kappa shape index (κ2) is 6.40. The zero-order valence-corrected chi connectivity index (χ0v) is 14.3. The first-order valence-electron chi connectivity index (χ1n) is 7.80. The summed E-state index contributed by atoms with van der Waals surface area (Å²) in [6.45, 7) is 4.05. The molecule has 0 aromatic heterocycles. The molecule has 1 aromatic carbocycles. The van der Waals surface area contributed by atoms with E-state index in [2.05, 4.69) is 12.1 Å². The second-order valence-corrected chi connectivity index (χ2v) is 6.75. The van der Waals surface area contributed by atoms with Crippen molar-refractivity contribution in [2.45, 2.75) is 24.8 Å². The van der Waals surface area contributed by atoms with Crippen molar-refractivity contribution < 1.29 is 19.1 Å². The van der Waals surface area contributed by atoms with Gasteiger partial charge in [-0.1, -0.05) is 25.1 Å². The van der Waals surface area contributed by atoms with Gasteiger partial charge in [-0.05, 0) is 36.4 Å². The van der Waals surface area contributed by atoms with Crippen LogP contribution in [0.4, 0.5) is 0 Å². The number of carbonyl (C=O) groups excluding carboxylic acids is 2. The third-order valence-electron chi connectivity index (χ3n) is 4.59. The van der Waals surface area contributed by atoms with E-state index in [0.29, 0.717) is 6.61 Å². The molecule has 5 heteroatoms. The Morgan fingerprint density at radius 1 is 1.30 bits per heavy atom. The Morgan fingerprint density at radius 2 is 2.00 bits per heavy atom. The predicted octanol–water partition coefficient (Wildman–Crippen LogP) is 3.16. The summed E-state index contributed by atoms with van der Waals surface area (Å²) >= 11 is 1.68. The highest BCUT2D eigenvalue weighted by atomic mass is 32.2. The van der Waals surface area contributed by atoms with E-state index in [-0.39, 0.29) is 24.0 Å². The first kappa shape index (κ1) is 16.1. The normalized spacial score (nSPS) is 29.0. The number of thioether (sulfide) groups is 1. The molecule has 1 saturated heterocycles. The minimum atomic E-state index is -0.552. The van der Waals surface area contributed by atoms with Crippen LogP contribution in [0.25, 0.3) is 5.57 Å². The molecule has 0 saturated carbocycles. The Labute approximate surface area is 140 Å². The molecule has 0 unspecified atom stereocenters. The topological polar surface area (TPSA) is 52.6 Å². The van der Waals surface area contributed by atoms with Gasteiger partial charge in [0.05, 0.1) is 18.4 Å². The van der Waals surface area contributed by atoms with Gasteiger partial charge < -0.3 is 9.47 Å². The van der Waals surface area contributed by atoms with Crippen LogP contribution in [-0.4, -0.2) is 30.9 Å². The first-order valence-corrected chi connectivity index (χ1v) is 9.02. The fraction of sp³-hybridized carbons (Fsp3) is 0.444. The van der Waals surface area contributed by atoms with Crippen molar-refractivity contribution in [1.29, 1.82) is 0 Å². The molecular weight excluding hydrogens is 312 g/mol. The van der Waals surface area contributed by atoms with Crippen molar-refractivity contribution in [1.82, 2.24) is 0 Å². The monoisotopic (exact) mass is 332 g/mol. The van der Waals surface area contributed by atoms with Gasteiger partial charge in [-0.3, -0.25) is 9.59 Å². The Bertz CT molecular complexity index is 649. The van der Waals surface area contributed by atoms with Crippen LogP contribution in [0.2, 0.25) is 0 Å². The van der Waals surface area contributed by atoms with Crippen molar-refractivity contribution in [3.8, 4) is 0 Å². The van der Waals surface area contributed by atoms with Crippen molar-refractivity contribution in [3.05, 3.63) is 35.9 Å². The summed E-state index contributed by atoms with van der Waals surface area (Å²) < 4.78 is 10.7. The van der Waals surface area contributed by atoms with E-state index in [1.54, 1.807) is 18.7 Å². The summed E-state index contributed by atoms with van der Waals surface area (Å²) in [5.74, 6) is -1.72. The lowest BCUT2D eigenvalue weighted by Gasteiger charge is -2.43. The van der Waals surface area contributed by atoms with E-state index in [9.17, 15) is 9.59 Å². The molecule has 2 bridgehead atoms. The van der Waals surface area contributed by atoms with Crippen LogP contribution in [0.5, 0.6) is 0 Å². The Kier molecular flexibility index (Phi) is 4.48.